The number of rotatable bonds is 5. The number of likely N-dealkylation sites (tertiary alicyclic amines) is 1. The molecule has 0 amide bonds. The fourth-order valence-corrected chi connectivity index (χ4v) is 2.57. The molecule has 2 heterocycles. The minimum absolute atomic E-state index is 0.0126. The van der Waals surface area contributed by atoms with Crippen LogP contribution in [-0.2, 0) is 7.05 Å². The molecule has 0 atom stereocenters. The molecule has 106 valence electrons. The summed E-state index contributed by atoms with van der Waals surface area (Å²) in [5.41, 5.74) is 6.93. The molecule has 6 heteroatoms. The highest BCUT2D eigenvalue weighted by atomic mass is 16.5. The third-order valence-corrected chi connectivity index (χ3v) is 3.53. The Balaban J connectivity index is 1.93. The quantitative estimate of drug-likeness (QED) is 0.611. The van der Waals surface area contributed by atoms with E-state index >= 15 is 0 Å². The van der Waals surface area contributed by atoms with E-state index in [1.165, 1.54) is 19.3 Å². The van der Waals surface area contributed by atoms with Crippen molar-refractivity contribution in [3.05, 3.63) is 11.3 Å². The monoisotopic (exact) mass is 265 g/mol. The number of piperidine rings is 1. The zero-order valence-electron chi connectivity index (χ0n) is 11.8. The zero-order valence-corrected chi connectivity index (χ0v) is 11.8. The zero-order chi connectivity index (χ0) is 13.8. The summed E-state index contributed by atoms with van der Waals surface area (Å²) >= 11 is 0. The highest BCUT2D eigenvalue weighted by Crippen LogP contribution is 2.20. The molecule has 1 aromatic heterocycles. The summed E-state index contributed by atoms with van der Waals surface area (Å²) in [5.74, 6) is 0.612. The molecule has 19 heavy (non-hydrogen) atoms. The Morgan fingerprint density at radius 1 is 1.37 bits per heavy atom. The molecular formula is C13H23N5O. The lowest BCUT2D eigenvalue weighted by molar-refractivity contribution is 0.177. The maximum atomic E-state index is 7.60. The SMILES string of the molecule is Cc1nn(C)c(OCCN2CCCCC2)c1C(=N)N. The minimum Gasteiger partial charge on any atom is -0.476 e. The molecule has 0 aromatic carbocycles. The number of nitrogens with one attached hydrogen (secondary N) is 1. The topological polar surface area (TPSA) is 80.2 Å². The summed E-state index contributed by atoms with van der Waals surface area (Å²) in [6.07, 6.45) is 3.90. The summed E-state index contributed by atoms with van der Waals surface area (Å²) in [5, 5.41) is 11.9. The average Bonchev–Trinajstić information content (AvgIpc) is 2.65. The van der Waals surface area contributed by atoms with Crippen LogP contribution in [0.3, 0.4) is 0 Å². The summed E-state index contributed by atoms with van der Waals surface area (Å²) in [6, 6.07) is 0. The van der Waals surface area contributed by atoms with Gasteiger partial charge in [0.15, 0.2) is 0 Å². The minimum atomic E-state index is 0.0126. The van der Waals surface area contributed by atoms with E-state index in [1.807, 2.05) is 14.0 Å². The van der Waals surface area contributed by atoms with Crippen LogP contribution in [0, 0.1) is 12.3 Å². The van der Waals surface area contributed by atoms with Crippen LogP contribution < -0.4 is 10.5 Å². The summed E-state index contributed by atoms with van der Waals surface area (Å²) in [7, 11) is 1.82. The van der Waals surface area contributed by atoms with Gasteiger partial charge in [0, 0.05) is 13.6 Å². The molecule has 0 spiro atoms. The van der Waals surface area contributed by atoms with E-state index in [4.69, 9.17) is 15.9 Å². The molecule has 1 saturated heterocycles. The van der Waals surface area contributed by atoms with Crippen LogP contribution >= 0.6 is 0 Å². The van der Waals surface area contributed by atoms with E-state index in [-0.39, 0.29) is 5.84 Å². The van der Waals surface area contributed by atoms with Crippen molar-refractivity contribution < 1.29 is 4.74 Å². The van der Waals surface area contributed by atoms with E-state index in [0.29, 0.717) is 18.1 Å². The van der Waals surface area contributed by atoms with Gasteiger partial charge < -0.3 is 10.5 Å². The summed E-state index contributed by atoms with van der Waals surface area (Å²) < 4.78 is 7.45. The van der Waals surface area contributed by atoms with E-state index in [2.05, 4.69) is 10.00 Å². The van der Waals surface area contributed by atoms with E-state index < -0.39 is 0 Å². The van der Waals surface area contributed by atoms with Crippen molar-refractivity contribution in [2.45, 2.75) is 26.2 Å². The lowest BCUT2D eigenvalue weighted by atomic mass is 10.1. The molecule has 0 saturated carbocycles. The second-order valence-corrected chi connectivity index (χ2v) is 5.05. The molecule has 1 aliphatic heterocycles. The lowest BCUT2D eigenvalue weighted by Crippen LogP contribution is -2.33. The number of aromatic nitrogens is 2. The standard InChI is InChI=1S/C13H23N5O/c1-10-11(12(14)15)13(17(2)16-10)19-9-8-18-6-4-3-5-7-18/h3-9H2,1-2H3,(H3,14,15). The highest BCUT2D eigenvalue weighted by molar-refractivity contribution is 5.98. The van der Waals surface area contributed by atoms with Crippen LogP contribution in [0.15, 0.2) is 0 Å². The molecule has 0 aliphatic carbocycles. The molecule has 1 aliphatic rings. The number of amidine groups is 1. The van der Waals surface area contributed by atoms with Crippen LogP contribution in [-0.4, -0.2) is 46.8 Å². The van der Waals surface area contributed by atoms with Crippen LogP contribution in [0.2, 0.25) is 0 Å². The van der Waals surface area contributed by atoms with Crippen molar-refractivity contribution in [2.75, 3.05) is 26.2 Å². The van der Waals surface area contributed by atoms with E-state index in [1.54, 1.807) is 4.68 Å². The Kier molecular flexibility index (Phi) is 4.42. The van der Waals surface area contributed by atoms with Crippen molar-refractivity contribution in [3.63, 3.8) is 0 Å². The predicted octanol–water partition coefficient (Wildman–Crippen LogP) is 0.877. The second kappa shape index (κ2) is 6.06. The van der Waals surface area contributed by atoms with Crippen molar-refractivity contribution in [3.8, 4) is 5.88 Å². The van der Waals surface area contributed by atoms with Crippen molar-refractivity contribution in [1.82, 2.24) is 14.7 Å². The number of ether oxygens (including phenoxy) is 1. The van der Waals surface area contributed by atoms with Crippen molar-refractivity contribution >= 4 is 5.84 Å². The molecule has 0 radical (unpaired) electrons. The van der Waals surface area contributed by atoms with Crippen LogP contribution in [0.1, 0.15) is 30.5 Å². The second-order valence-electron chi connectivity index (χ2n) is 5.05. The van der Waals surface area contributed by atoms with Gasteiger partial charge in [-0.2, -0.15) is 5.10 Å². The fourth-order valence-electron chi connectivity index (χ4n) is 2.57. The van der Waals surface area contributed by atoms with Gasteiger partial charge in [-0.1, -0.05) is 6.42 Å². The van der Waals surface area contributed by atoms with Gasteiger partial charge in [0.05, 0.1) is 5.69 Å². The van der Waals surface area contributed by atoms with Crippen molar-refractivity contribution in [1.29, 1.82) is 5.41 Å². The smallest absolute Gasteiger partial charge is 0.223 e. The van der Waals surface area contributed by atoms with Gasteiger partial charge in [-0.05, 0) is 32.9 Å². The Labute approximate surface area is 114 Å². The van der Waals surface area contributed by atoms with Gasteiger partial charge in [0.2, 0.25) is 5.88 Å². The number of hydrogen-bond donors (Lipinski definition) is 2. The molecule has 1 fully saturated rings. The molecule has 3 N–H and O–H groups in total. The highest BCUT2D eigenvalue weighted by Gasteiger charge is 2.17. The first-order chi connectivity index (χ1) is 9.09. The average molecular weight is 265 g/mol. The van der Waals surface area contributed by atoms with E-state index in [0.717, 1.165) is 25.3 Å². The molecule has 0 unspecified atom stereocenters. The first kappa shape index (κ1) is 13.9. The molecule has 0 bridgehead atoms. The van der Waals surface area contributed by atoms with Gasteiger partial charge >= 0.3 is 0 Å². The summed E-state index contributed by atoms with van der Waals surface area (Å²) in [6.45, 7) is 5.69. The van der Waals surface area contributed by atoms with Crippen LogP contribution in [0.5, 0.6) is 5.88 Å². The maximum absolute atomic E-state index is 7.60. The van der Waals surface area contributed by atoms with Gasteiger partial charge in [-0.3, -0.25) is 10.3 Å². The molecule has 1 aromatic rings. The van der Waals surface area contributed by atoms with Gasteiger partial charge in [0.25, 0.3) is 0 Å². The normalized spacial score (nSPS) is 16.5. The first-order valence-corrected chi connectivity index (χ1v) is 6.82. The number of nitrogens with two attached hydrogens (primary N) is 1. The Morgan fingerprint density at radius 3 is 2.68 bits per heavy atom. The van der Waals surface area contributed by atoms with Gasteiger partial charge in [0.1, 0.15) is 18.0 Å². The third kappa shape index (κ3) is 3.26. The summed E-state index contributed by atoms with van der Waals surface area (Å²) in [4.78, 5) is 2.42. The number of aryl methyl sites for hydroxylation is 2. The number of nitrogen functional groups attached to an aromatic ring is 1. The number of hydrogen-bond acceptors (Lipinski definition) is 4. The van der Waals surface area contributed by atoms with E-state index in [9.17, 15) is 0 Å². The maximum Gasteiger partial charge on any atom is 0.223 e. The fraction of sp³-hybridized carbons (Fsp3) is 0.692. The van der Waals surface area contributed by atoms with Gasteiger partial charge in [-0.25, -0.2) is 4.68 Å². The predicted molar refractivity (Wildman–Crippen MR) is 74.7 cm³/mol. The van der Waals surface area contributed by atoms with Crippen LogP contribution in [0.4, 0.5) is 0 Å². The van der Waals surface area contributed by atoms with Crippen LogP contribution in [0.25, 0.3) is 0 Å². The largest absolute Gasteiger partial charge is 0.476 e. The molecule has 2 rings (SSSR count). The lowest BCUT2D eigenvalue weighted by Gasteiger charge is -2.26. The van der Waals surface area contributed by atoms with Gasteiger partial charge in [-0.15, -0.1) is 0 Å². The number of nitrogens with zero attached hydrogens (tertiary/aromatic N) is 3. The van der Waals surface area contributed by atoms with Crippen molar-refractivity contribution in [2.24, 2.45) is 12.8 Å². The molecular weight excluding hydrogens is 242 g/mol. The Bertz CT molecular complexity index is 448. The molecule has 6 nitrogen and oxygen atoms in total. The Hall–Kier alpha value is -1.56. The Morgan fingerprint density at radius 2 is 2.05 bits per heavy atom. The third-order valence-electron chi connectivity index (χ3n) is 3.53. The first-order valence-electron chi connectivity index (χ1n) is 6.82.